The van der Waals surface area contributed by atoms with Gasteiger partial charge in [0.15, 0.2) is 0 Å². The molecule has 0 spiro atoms. The second kappa shape index (κ2) is 13.6. The fourth-order valence-electron chi connectivity index (χ4n) is 6.97. The summed E-state index contributed by atoms with van der Waals surface area (Å²) in [4.78, 5) is 30.9. The summed E-state index contributed by atoms with van der Waals surface area (Å²) in [6.07, 6.45) is 3.20. The number of fused-ring (bicyclic) bond motifs is 1. The molecule has 12 heteroatoms. The zero-order chi connectivity index (χ0) is 33.5. The Balaban J connectivity index is 1.17. The monoisotopic (exact) mass is 689 g/mol. The van der Waals surface area contributed by atoms with Crippen LogP contribution in [-0.4, -0.2) is 88.9 Å². The highest BCUT2D eigenvalue weighted by atomic mass is 35.5. The van der Waals surface area contributed by atoms with Gasteiger partial charge in [-0.05, 0) is 31.4 Å². The fraction of sp³-hybridized carbons (Fsp3) is 0.389. The lowest BCUT2D eigenvalue weighted by atomic mass is 9.95. The van der Waals surface area contributed by atoms with Crippen molar-refractivity contribution in [2.45, 2.75) is 38.5 Å². The molecular formula is C36H37Cl2N5O5. The Hall–Kier alpha value is -3.80. The number of carbonyl (C=O) groups excluding carboxylic acids is 1. The van der Waals surface area contributed by atoms with Gasteiger partial charge in [-0.1, -0.05) is 59.6 Å². The largest absolute Gasteiger partial charge is 0.481 e. The molecule has 250 valence electrons. The predicted octanol–water partition coefficient (Wildman–Crippen LogP) is 5.86. The van der Waals surface area contributed by atoms with Crippen molar-refractivity contribution in [1.29, 1.82) is 0 Å². The maximum Gasteiger partial charge on any atom is 0.311 e. The lowest BCUT2D eigenvalue weighted by Gasteiger charge is -2.42. The summed E-state index contributed by atoms with van der Waals surface area (Å²) >= 11 is 14.2. The number of likely N-dealkylation sites (tertiary alicyclic amines) is 2. The number of aromatic nitrogens is 3. The fourth-order valence-corrected chi connectivity index (χ4v) is 7.62. The lowest BCUT2D eigenvalue weighted by Crippen LogP contribution is -2.51. The summed E-state index contributed by atoms with van der Waals surface area (Å²) in [5, 5.41) is 10.7. The Kier molecular flexibility index (Phi) is 9.28. The molecule has 1 N–H and O–H groups in total. The summed E-state index contributed by atoms with van der Waals surface area (Å²) in [5.74, 6) is 0.783. The molecule has 2 saturated heterocycles. The third kappa shape index (κ3) is 6.01. The van der Waals surface area contributed by atoms with Gasteiger partial charge in [-0.25, -0.2) is 9.97 Å². The maximum atomic E-state index is 12.2. The first-order valence-corrected chi connectivity index (χ1v) is 16.9. The summed E-state index contributed by atoms with van der Waals surface area (Å²) in [5.41, 5.74) is 7.24. The Morgan fingerprint density at radius 1 is 0.917 bits per heavy atom. The average Bonchev–Trinajstić information content (AvgIpc) is 3.47. The van der Waals surface area contributed by atoms with Crippen LogP contribution in [0.5, 0.6) is 11.8 Å². The molecule has 0 saturated carbocycles. The number of pyridine rings is 1. The quantitative estimate of drug-likeness (QED) is 0.204. The molecule has 3 aliphatic rings. The highest BCUT2D eigenvalue weighted by Gasteiger charge is 2.42. The molecule has 0 radical (unpaired) electrons. The van der Waals surface area contributed by atoms with Crippen LogP contribution in [0.3, 0.4) is 0 Å². The predicted molar refractivity (Wildman–Crippen MR) is 183 cm³/mol. The van der Waals surface area contributed by atoms with Gasteiger partial charge in [0.05, 0.1) is 60.5 Å². The minimum absolute atomic E-state index is 0.0847. The van der Waals surface area contributed by atoms with Crippen LogP contribution in [0.2, 0.25) is 10.0 Å². The van der Waals surface area contributed by atoms with E-state index in [-0.39, 0.29) is 24.0 Å². The number of hydrogen-bond donors (Lipinski definition) is 1. The molecule has 4 aromatic rings. The lowest BCUT2D eigenvalue weighted by molar-refractivity contribution is -0.155. The van der Waals surface area contributed by atoms with Crippen molar-refractivity contribution in [3.05, 3.63) is 75.5 Å². The van der Waals surface area contributed by atoms with E-state index in [2.05, 4.69) is 20.9 Å². The van der Waals surface area contributed by atoms with E-state index in [0.29, 0.717) is 78.1 Å². The Morgan fingerprint density at radius 2 is 1.54 bits per heavy atom. The van der Waals surface area contributed by atoms with Gasteiger partial charge in [0, 0.05) is 66.6 Å². The van der Waals surface area contributed by atoms with Gasteiger partial charge < -0.3 is 19.3 Å². The standard InChI is InChI=1S/C36H37Cl2N5O5/c1-4-48-36(45)21-15-43(16-21)30-12-11-20-13-27(40-35(47-3)31(20)30)25-9-5-7-23(32(25)37)24-8-6-10-26(33(24)38)28-14-39-29(34(41-28)46-2)19-42-17-22(44)18-42/h5-10,13-14,21-22,30,44H,4,11-12,15-19H2,1-3H3/t30-/m1/s1. The van der Waals surface area contributed by atoms with Gasteiger partial charge >= 0.3 is 5.97 Å². The number of aliphatic hydroxyl groups is 1. The van der Waals surface area contributed by atoms with E-state index >= 15 is 0 Å². The SMILES string of the molecule is CCOC(=O)C1CN([C@@H]2CCc3cc(-c4cccc(-c5cccc(-c6cnc(CN7CC(O)C7)c(OC)n6)c5Cl)c4Cl)nc(OC)c32)C1. The summed E-state index contributed by atoms with van der Waals surface area (Å²) < 4.78 is 16.6. The van der Waals surface area contributed by atoms with Crippen LogP contribution < -0.4 is 9.47 Å². The van der Waals surface area contributed by atoms with Crippen molar-refractivity contribution in [1.82, 2.24) is 24.8 Å². The smallest absolute Gasteiger partial charge is 0.311 e. The third-order valence-electron chi connectivity index (χ3n) is 9.45. The van der Waals surface area contributed by atoms with Crippen LogP contribution in [0.1, 0.15) is 36.2 Å². The molecule has 4 heterocycles. The zero-order valence-corrected chi connectivity index (χ0v) is 28.6. The van der Waals surface area contributed by atoms with Gasteiger partial charge in [0.25, 0.3) is 0 Å². The molecule has 0 amide bonds. The molecule has 7 rings (SSSR count). The Labute approximate surface area is 289 Å². The number of aryl methyl sites for hydroxylation is 1. The molecular weight excluding hydrogens is 653 g/mol. The number of β-amino-alcohol motifs (C(OH)–C–C–N with tert-alkyl or cyclic N) is 1. The molecule has 2 fully saturated rings. The van der Waals surface area contributed by atoms with Crippen LogP contribution >= 0.6 is 23.2 Å². The van der Waals surface area contributed by atoms with Crippen molar-refractivity contribution in [3.8, 4) is 45.4 Å². The normalized spacial score (nSPS) is 18.2. The van der Waals surface area contributed by atoms with Crippen LogP contribution in [0.4, 0.5) is 0 Å². The van der Waals surface area contributed by atoms with E-state index in [0.717, 1.165) is 40.8 Å². The van der Waals surface area contributed by atoms with Gasteiger partial charge in [-0.15, -0.1) is 0 Å². The number of hydrogen-bond acceptors (Lipinski definition) is 10. The van der Waals surface area contributed by atoms with Crippen molar-refractivity contribution < 1.29 is 24.1 Å². The van der Waals surface area contributed by atoms with Crippen molar-refractivity contribution in [2.24, 2.45) is 5.92 Å². The second-order valence-electron chi connectivity index (χ2n) is 12.4. The Morgan fingerprint density at radius 3 is 2.17 bits per heavy atom. The minimum Gasteiger partial charge on any atom is -0.481 e. The molecule has 10 nitrogen and oxygen atoms in total. The highest BCUT2D eigenvalue weighted by molar-refractivity contribution is 6.39. The number of aliphatic hydroxyl groups excluding tert-OH is 1. The van der Waals surface area contributed by atoms with Gasteiger partial charge in [-0.3, -0.25) is 19.6 Å². The first-order valence-electron chi connectivity index (χ1n) is 16.2. The van der Waals surface area contributed by atoms with E-state index < -0.39 is 0 Å². The van der Waals surface area contributed by atoms with Crippen LogP contribution in [0.15, 0.2) is 48.7 Å². The summed E-state index contributed by atoms with van der Waals surface area (Å²) in [6.45, 7) is 5.33. The molecule has 0 unspecified atom stereocenters. The van der Waals surface area contributed by atoms with Gasteiger partial charge in [0.2, 0.25) is 11.8 Å². The van der Waals surface area contributed by atoms with Crippen molar-refractivity contribution >= 4 is 29.2 Å². The Bertz CT molecular complexity index is 1860. The first-order chi connectivity index (χ1) is 23.3. The molecule has 2 aliphatic heterocycles. The zero-order valence-electron chi connectivity index (χ0n) is 27.1. The number of methoxy groups -OCH3 is 2. The van der Waals surface area contributed by atoms with Crippen LogP contribution in [-0.2, 0) is 22.5 Å². The van der Waals surface area contributed by atoms with E-state index in [1.165, 1.54) is 5.56 Å². The van der Waals surface area contributed by atoms with Gasteiger partial charge in [0.1, 0.15) is 5.69 Å². The number of carbonyl (C=O) groups is 1. The first kappa shape index (κ1) is 32.7. The molecule has 1 atom stereocenters. The van der Waals surface area contributed by atoms with Crippen LogP contribution in [0, 0.1) is 5.92 Å². The summed E-state index contributed by atoms with van der Waals surface area (Å²) in [7, 11) is 3.21. The molecule has 2 aromatic heterocycles. The number of halogens is 2. The van der Waals surface area contributed by atoms with Crippen LogP contribution in [0.25, 0.3) is 33.6 Å². The average molecular weight is 691 g/mol. The van der Waals surface area contributed by atoms with E-state index in [4.69, 9.17) is 47.4 Å². The molecule has 48 heavy (non-hydrogen) atoms. The number of benzene rings is 2. The topological polar surface area (TPSA) is 110 Å². The highest BCUT2D eigenvalue weighted by Crippen LogP contribution is 2.47. The number of rotatable bonds is 10. The van der Waals surface area contributed by atoms with E-state index in [1.807, 2.05) is 43.3 Å². The minimum atomic E-state index is -0.299. The maximum absolute atomic E-state index is 12.2. The number of esters is 1. The van der Waals surface area contributed by atoms with E-state index in [1.54, 1.807) is 20.4 Å². The van der Waals surface area contributed by atoms with Crippen molar-refractivity contribution in [3.63, 3.8) is 0 Å². The summed E-state index contributed by atoms with van der Waals surface area (Å²) in [6, 6.07) is 13.8. The van der Waals surface area contributed by atoms with Gasteiger partial charge in [-0.2, -0.15) is 0 Å². The number of ether oxygens (including phenoxy) is 3. The van der Waals surface area contributed by atoms with Crippen molar-refractivity contribution in [2.75, 3.05) is 47.0 Å². The number of nitrogens with zero attached hydrogens (tertiary/aromatic N) is 5. The molecule has 2 aromatic carbocycles. The third-order valence-corrected chi connectivity index (χ3v) is 10.3. The molecule has 1 aliphatic carbocycles. The second-order valence-corrected chi connectivity index (χ2v) is 13.2. The van der Waals surface area contributed by atoms with E-state index in [9.17, 15) is 9.90 Å². The molecule has 0 bridgehead atoms.